The molecule has 0 aliphatic heterocycles. The summed E-state index contributed by atoms with van der Waals surface area (Å²) in [6.07, 6.45) is 26.3. The summed E-state index contributed by atoms with van der Waals surface area (Å²) in [6, 6.07) is 0. The predicted octanol–water partition coefficient (Wildman–Crippen LogP) is 8.09. The van der Waals surface area contributed by atoms with Crippen molar-refractivity contribution in [2.24, 2.45) is 17.3 Å². The van der Waals surface area contributed by atoms with Crippen molar-refractivity contribution in [3.63, 3.8) is 0 Å². The van der Waals surface area contributed by atoms with E-state index in [-0.39, 0.29) is 0 Å². The molecular formula is C25H46O. The number of hydrogen-bond acceptors (Lipinski definition) is 1. The summed E-state index contributed by atoms with van der Waals surface area (Å²) in [7, 11) is 0. The van der Waals surface area contributed by atoms with Crippen molar-refractivity contribution in [2.75, 3.05) is 6.61 Å². The summed E-state index contributed by atoms with van der Waals surface area (Å²) in [5.41, 5.74) is 0.467. The molecule has 0 aromatic rings. The highest BCUT2D eigenvalue weighted by Gasteiger charge is 2.34. The number of hydrogen-bond donors (Lipinski definition) is 0. The van der Waals surface area contributed by atoms with E-state index in [4.69, 9.17) is 4.74 Å². The Hall–Kier alpha value is -0.300. The highest BCUT2D eigenvalue weighted by molar-refractivity contribution is 5.04. The number of ether oxygens (including phenoxy) is 1. The first-order chi connectivity index (χ1) is 12.7. The molecule has 0 bridgehead atoms. The number of rotatable bonds is 11. The zero-order valence-electron chi connectivity index (χ0n) is 18.1. The van der Waals surface area contributed by atoms with Gasteiger partial charge in [-0.25, -0.2) is 0 Å². The predicted molar refractivity (Wildman–Crippen MR) is 115 cm³/mol. The molecule has 0 N–H and O–H groups in total. The Morgan fingerprint density at radius 3 is 2.35 bits per heavy atom. The van der Waals surface area contributed by atoms with Gasteiger partial charge in [0.15, 0.2) is 0 Å². The van der Waals surface area contributed by atoms with Crippen LogP contribution in [0.25, 0.3) is 0 Å². The fourth-order valence-electron chi connectivity index (χ4n) is 5.50. The summed E-state index contributed by atoms with van der Waals surface area (Å²) in [5.74, 6) is 1.81. The second-order valence-corrected chi connectivity index (χ2v) is 9.36. The summed E-state index contributed by atoms with van der Waals surface area (Å²) < 4.78 is 6.25. The van der Waals surface area contributed by atoms with Crippen molar-refractivity contribution in [1.29, 1.82) is 0 Å². The molecule has 0 spiro atoms. The third-order valence-electron chi connectivity index (χ3n) is 7.38. The molecule has 2 aliphatic carbocycles. The van der Waals surface area contributed by atoms with Crippen molar-refractivity contribution in [1.82, 2.24) is 0 Å². The largest absolute Gasteiger partial charge is 0.374 e. The van der Waals surface area contributed by atoms with Gasteiger partial charge in [0, 0.05) is 0 Å². The van der Waals surface area contributed by atoms with Crippen LogP contribution in [0.15, 0.2) is 12.2 Å². The van der Waals surface area contributed by atoms with Crippen LogP contribution in [0.3, 0.4) is 0 Å². The number of allylic oxidation sites excluding steroid dienone is 1. The summed E-state index contributed by atoms with van der Waals surface area (Å²) in [4.78, 5) is 0. The lowest BCUT2D eigenvalue weighted by molar-refractivity contribution is 0.0326. The van der Waals surface area contributed by atoms with Crippen LogP contribution >= 0.6 is 0 Å². The quantitative estimate of drug-likeness (QED) is 0.266. The molecule has 2 saturated carbocycles. The van der Waals surface area contributed by atoms with Gasteiger partial charge in [0.2, 0.25) is 0 Å². The van der Waals surface area contributed by atoms with E-state index in [9.17, 15) is 0 Å². The minimum Gasteiger partial charge on any atom is -0.374 e. The SMILES string of the molecule is CCCCC[C@H]1CC[C@H](OC/C=C/C2(C(C)CCC)CCCCC2)CC1. The molecule has 1 heteroatoms. The highest BCUT2D eigenvalue weighted by Crippen LogP contribution is 2.45. The van der Waals surface area contributed by atoms with E-state index in [1.165, 1.54) is 96.3 Å². The maximum absolute atomic E-state index is 6.25. The first-order valence-electron chi connectivity index (χ1n) is 12.0. The lowest BCUT2D eigenvalue weighted by atomic mass is 9.65. The van der Waals surface area contributed by atoms with Gasteiger partial charge in [-0.1, -0.05) is 90.7 Å². The molecule has 1 atom stereocenters. The Morgan fingerprint density at radius 2 is 1.69 bits per heavy atom. The van der Waals surface area contributed by atoms with Crippen molar-refractivity contribution in [3.8, 4) is 0 Å². The van der Waals surface area contributed by atoms with E-state index < -0.39 is 0 Å². The number of unbranched alkanes of at least 4 members (excludes halogenated alkanes) is 2. The molecule has 1 unspecified atom stereocenters. The van der Waals surface area contributed by atoms with E-state index >= 15 is 0 Å². The minimum absolute atomic E-state index is 0.467. The Morgan fingerprint density at radius 1 is 0.962 bits per heavy atom. The minimum atomic E-state index is 0.467. The highest BCUT2D eigenvalue weighted by atomic mass is 16.5. The van der Waals surface area contributed by atoms with Crippen molar-refractivity contribution < 1.29 is 4.74 Å². The molecule has 26 heavy (non-hydrogen) atoms. The van der Waals surface area contributed by atoms with Gasteiger partial charge in [0.25, 0.3) is 0 Å². The second kappa shape index (κ2) is 12.2. The van der Waals surface area contributed by atoms with Gasteiger partial charge >= 0.3 is 0 Å². The van der Waals surface area contributed by atoms with Gasteiger partial charge < -0.3 is 4.74 Å². The first-order valence-corrected chi connectivity index (χ1v) is 12.0. The fraction of sp³-hybridized carbons (Fsp3) is 0.920. The smallest absolute Gasteiger partial charge is 0.0651 e. The van der Waals surface area contributed by atoms with E-state index in [0.717, 1.165) is 18.4 Å². The third-order valence-corrected chi connectivity index (χ3v) is 7.38. The third kappa shape index (κ3) is 7.02. The standard InChI is InChI=1S/C25H46O/c1-4-6-8-13-23-14-16-24(17-15-23)26-21-11-20-25(22(3)12-5-2)18-9-7-10-19-25/h11,20,22-24H,4-10,12-19,21H2,1-3H3/b20-11+/t22?,23-,24-. The van der Waals surface area contributed by atoms with Crippen LogP contribution in [0.4, 0.5) is 0 Å². The summed E-state index contributed by atoms with van der Waals surface area (Å²) >= 11 is 0. The molecule has 0 aromatic carbocycles. The van der Waals surface area contributed by atoms with Gasteiger partial charge in [-0.15, -0.1) is 0 Å². The zero-order valence-corrected chi connectivity index (χ0v) is 18.1. The van der Waals surface area contributed by atoms with E-state index in [1.807, 2.05) is 0 Å². The van der Waals surface area contributed by atoms with E-state index in [1.54, 1.807) is 0 Å². The lowest BCUT2D eigenvalue weighted by Crippen LogP contribution is -2.29. The van der Waals surface area contributed by atoms with Gasteiger partial charge in [0.05, 0.1) is 12.7 Å². The van der Waals surface area contributed by atoms with Crippen LogP contribution in [-0.2, 0) is 4.74 Å². The maximum Gasteiger partial charge on any atom is 0.0651 e. The molecule has 2 rings (SSSR count). The molecule has 0 heterocycles. The topological polar surface area (TPSA) is 9.23 Å². The van der Waals surface area contributed by atoms with Crippen LogP contribution in [0.2, 0.25) is 0 Å². The Labute approximate surface area is 164 Å². The van der Waals surface area contributed by atoms with Crippen LogP contribution in [-0.4, -0.2) is 12.7 Å². The lowest BCUT2D eigenvalue weighted by Gasteiger charge is -2.40. The van der Waals surface area contributed by atoms with Crippen LogP contribution in [0, 0.1) is 17.3 Å². The van der Waals surface area contributed by atoms with E-state index in [2.05, 4.69) is 32.9 Å². The molecule has 0 aromatic heterocycles. The molecular weight excluding hydrogens is 316 g/mol. The Kier molecular flexibility index (Phi) is 10.3. The van der Waals surface area contributed by atoms with Gasteiger partial charge in [-0.05, 0) is 55.8 Å². The first kappa shape index (κ1) is 22.0. The van der Waals surface area contributed by atoms with Crippen LogP contribution in [0.1, 0.15) is 117 Å². The molecule has 1 nitrogen and oxygen atoms in total. The van der Waals surface area contributed by atoms with Crippen LogP contribution < -0.4 is 0 Å². The normalized spacial score (nSPS) is 27.7. The summed E-state index contributed by atoms with van der Waals surface area (Å²) in [6.45, 7) is 7.96. The van der Waals surface area contributed by atoms with Crippen molar-refractivity contribution in [3.05, 3.63) is 12.2 Å². The molecule has 0 saturated heterocycles. The Balaban J connectivity index is 1.70. The summed E-state index contributed by atoms with van der Waals surface area (Å²) in [5, 5.41) is 0. The molecule has 2 aliphatic rings. The Bertz CT molecular complexity index is 372. The maximum atomic E-state index is 6.25. The molecule has 152 valence electrons. The van der Waals surface area contributed by atoms with Crippen molar-refractivity contribution >= 4 is 0 Å². The van der Waals surface area contributed by atoms with Gasteiger partial charge in [0.1, 0.15) is 0 Å². The zero-order chi connectivity index (χ0) is 18.7. The van der Waals surface area contributed by atoms with Gasteiger partial charge in [-0.3, -0.25) is 0 Å². The second-order valence-electron chi connectivity index (χ2n) is 9.36. The average Bonchev–Trinajstić information content (AvgIpc) is 2.67. The molecule has 2 fully saturated rings. The van der Waals surface area contributed by atoms with Crippen molar-refractivity contribution in [2.45, 2.75) is 123 Å². The monoisotopic (exact) mass is 362 g/mol. The fourth-order valence-corrected chi connectivity index (χ4v) is 5.50. The van der Waals surface area contributed by atoms with Crippen LogP contribution in [0.5, 0.6) is 0 Å². The molecule has 0 radical (unpaired) electrons. The van der Waals surface area contributed by atoms with Gasteiger partial charge in [-0.2, -0.15) is 0 Å². The van der Waals surface area contributed by atoms with E-state index in [0.29, 0.717) is 11.5 Å². The average molecular weight is 363 g/mol. The molecule has 0 amide bonds.